The maximum Gasteiger partial charge on any atom is 0.341 e. The second-order valence-electron chi connectivity index (χ2n) is 5.93. The maximum atomic E-state index is 12.5. The van der Waals surface area contributed by atoms with E-state index in [4.69, 9.17) is 10.5 Å². The molecule has 0 saturated heterocycles. The number of anilines is 2. The molecule has 1 heterocycles. The van der Waals surface area contributed by atoms with Gasteiger partial charge in [0.15, 0.2) is 0 Å². The molecule has 3 N–H and O–H groups in total. The summed E-state index contributed by atoms with van der Waals surface area (Å²) in [4.78, 5) is 24.9. The van der Waals surface area contributed by atoms with Gasteiger partial charge in [-0.25, -0.2) is 4.79 Å². The van der Waals surface area contributed by atoms with Gasteiger partial charge >= 0.3 is 5.97 Å². The van der Waals surface area contributed by atoms with E-state index < -0.39 is 5.97 Å². The molecule has 5 nitrogen and oxygen atoms in total. The van der Waals surface area contributed by atoms with E-state index in [2.05, 4.69) is 5.32 Å². The Hall–Kier alpha value is -3.38. The highest BCUT2D eigenvalue weighted by Gasteiger charge is 2.22. The number of nitrogens with two attached hydrogens (primary N) is 1. The zero-order valence-electron chi connectivity index (χ0n) is 15.3. The van der Waals surface area contributed by atoms with E-state index in [0.29, 0.717) is 16.3 Å². The van der Waals surface area contributed by atoms with Crippen molar-refractivity contribution in [1.82, 2.24) is 0 Å². The lowest BCUT2D eigenvalue weighted by Gasteiger charge is -2.08. The Morgan fingerprint density at radius 1 is 1.11 bits per heavy atom. The molecule has 0 saturated carbocycles. The summed E-state index contributed by atoms with van der Waals surface area (Å²) < 4.78 is 5.20. The first-order valence-electron chi connectivity index (χ1n) is 8.77. The molecule has 1 aromatic heterocycles. The van der Waals surface area contributed by atoms with Crippen LogP contribution in [0.4, 0.5) is 10.7 Å². The molecule has 6 heteroatoms. The first kappa shape index (κ1) is 19.4. The van der Waals surface area contributed by atoms with Gasteiger partial charge in [-0.15, -0.1) is 11.3 Å². The van der Waals surface area contributed by atoms with Crippen LogP contribution in [0.5, 0.6) is 0 Å². The van der Waals surface area contributed by atoms with Crippen LogP contribution >= 0.6 is 11.3 Å². The average Bonchev–Trinajstić information content (AvgIpc) is 3.12. The molecule has 0 aliphatic rings. The minimum absolute atomic E-state index is 0.257. The number of esters is 1. The fourth-order valence-corrected chi connectivity index (χ4v) is 3.58. The monoisotopic (exact) mass is 392 g/mol. The van der Waals surface area contributed by atoms with Crippen LogP contribution in [-0.4, -0.2) is 18.5 Å². The molecule has 0 radical (unpaired) electrons. The molecule has 0 unspecified atom stereocenters. The van der Waals surface area contributed by atoms with E-state index in [9.17, 15) is 9.59 Å². The van der Waals surface area contributed by atoms with Crippen molar-refractivity contribution in [2.24, 2.45) is 0 Å². The van der Waals surface area contributed by atoms with Gasteiger partial charge in [0, 0.05) is 22.7 Å². The highest BCUT2D eigenvalue weighted by molar-refractivity contribution is 7.15. The van der Waals surface area contributed by atoms with Crippen molar-refractivity contribution in [2.45, 2.75) is 6.92 Å². The van der Waals surface area contributed by atoms with Gasteiger partial charge in [-0.2, -0.15) is 0 Å². The molecular formula is C22H20N2O3S. The van der Waals surface area contributed by atoms with Gasteiger partial charge in [0.2, 0.25) is 5.91 Å². The minimum Gasteiger partial charge on any atom is -0.462 e. The average molecular weight is 392 g/mol. The van der Waals surface area contributed by atoms with Crippen LogP contribution in [-0.2, 0) is 9.53 Å². The normalized spacial score (nSPS) is 10.8. The first-order chi connectivity index (χ1) is 13.6. The van der Waals surface area contributed by atoms with Crippen LogP contribution in [0.1, 0.15) is 22.8 Å². The van der Waals surface area contributed by atoms with Crippen LogP contribution < -0.4 is 11.1 Å². The summed E-state index contributed by atoms with van der Waals surface area (Å²) in [6, 6.07) is 16.7. The summed E-state index contributed by atoms with van der Waals surface area (Å²) in [6.45, 7) is 2.01. The Bertz CT molecular complexity index is 992. The van der Waals surface area contributed by atoms with Crippen molar-refractivity contribution in [2.75, 3.05) is 17.7 Å². The highest BCUT2D eigenvalue weighted by atomic mass is 32.1. The Balaban J connectivity index is 1.84. The Morgan fingerprint density at radius 3 is 2.50 bits per heavy atom. The smallest absolute Gasteiger partial charge is 0.341 e. The molecule has 0 fully saturated rings. The van der Waals surface area contributed by atoms with Gasteiger partial charge in [-0.05, 0) is 36.3 Å². The van der Waals surface area contributed by atoms with Crippen molar-refractivity contribution in [3.8, 4) is 11.1 Å². The van der Waals surface area contributed by atoms with Gasteiger partial charge in [0.1, 0.15) is 10.6 Å². The van der Waals surface area contributed by atoms with Crippen molar-refractivity contribution >= 4 is 40.0 Å². The molecule has 28 heavy (non-hydrogen) atoms. The summed E-state index contributed by atoms with van der Waals surface area (Å²) >= 11 is 1.29. The van der Waals surface area contributed by atoms with Crippen LogP contribution in [0.25, 0.3) is 17.2 Å². The SMILES string of the molecule is CCOC(=O)c1c(-c2ccccc2)csc1NC(=O)/C=C/c1ccc(N)cc1. The summed E-state index contributed by atoms with van der Waals surface area (Å²) in [5, 5.41) is 5.10. The number of carbonyl (C=O) groups is 2. The Kier molecular flexibility index (Phi) is 6.24. The van der Waals surface area contributed by atoms with E-state index in [1.165, 1.54) is 17.4 Å². The quantitative estimate of drug-likeness (QED) is 0.358. The molecule has 0 spiro atoms. The predicted molar refractivity (Wildman–Crippen MR) is 114 cm³/mol. The lowest BCUT2D eigenvalue weighted by Crippen LogP contribution is -2.12. The van der Waals surface area contributed by atoms with E-state index in [0.717, 1.165) is 16.7 Å². The largest absolute Gasteiger partial charge is 0.462 e. The first-order valence-corrected chi connectivity index (χ1v) is 9.65. The number of nitrogen functional groups attached to an aromatic ring is 1. The molecule has 0 bridgehead atoms. The molecule has 3 rings (SSSR count). The van der Waals surface area contributed by atoms with Crippen molar-refractivity contribution in [1.29, 1.82) is 0 Å². The fraction of sp³-hybridized carbons (Fsp3) is 0.0909. The standard InChI is InChI=1S/C22H20N2O3S/c1-2-27-22(26)20-18(16-6-4-3-5-7-16)14-28-21(20)24-19(25)13-10-15-8-11-17(23)12-9-15/h3-14H,2,23H2,1H3,(H,24,25)/b13-10+. The molecule has 0 aliphatic carbocycles. The van der Waals surface area contributed by atoms with E-state index in [1.54, 1.807) is 25.1 Å². The molecular weight excluding hydrogens is 372 g/mol. The summed E-state index contributed by atoms with van der Waals surface area (Å²) in [7, 11) is 0. The molecule has 0 atom stereocenters. The number of carbonyl (C=O) groups excluding carboxylic acids is 2. The van der Waals surface area contributed by atoms with E-state index >= 15 is 0 Å². The number of thiophene rings is 1. The van der Waals surface area contributed by atoms with Gasteiger partial charge < -0.3 is 15.8 Å². The van der Waals surface area contributed by atoms with Crippen LogP contribution in [0.2, 0.25) is 0 Å². The number of hydrogen-bond donors (Lipinski definition) is 2. The minimum atomic E-state index is -0.458. The number of benzene rings is 2. The number of ether oxygens (including phenoxy) is 1. The van der Waals surface area contributed by atoms with Crippen molar-refractivity contribution in [3.05, 3.63) is 77.2 Å². The van der Waals surface area contributed by atoms with Gasteiger partial charge in [-0.3, -0.25) is 4.79 Å². The number of hydrogen-bond acceptors (Lipinski definition) is 5. The second-order valence-corrected chi connectivity index (χ2v) is 6.81. The Morgan fingerprint density at radius 2 is 1.82 bits per heavy atom. The van der Waals surface area contributed by atoms with E-state index in [1.807, 2.05) is 47.8 Å². The molecule has 0 aliphatic heterocycles. The van der Waals surface area contributed by atoms with Crippen molar-refractivity contribution in [3.63, 3.8) is 0 Å². The molecule has 2 aromatic carbocycles. The topological polar surface area (TPSA) is 81.4 Å². The molecule has 1 amide bonds. The number of rotatable bonds is 6. The van der Waals surface area contributed by atoms with Crippen LogP contribution in [0.15, 0.2) is 66.1 Å². The number of amides is 1. The lowest BCUT2D eigenvalue weighted by atomic mass is 10.0. The van der Waals surface area contributed by atoms with Gasteiger partial charge in [0.05, 0.1) is 6.61 Å². The highest BCUT2D eigenvalue weighted by Crippen LogP contribution is 2.36. The van der Waals surface area contributed by atoms with E-state index in [-0.39, 0.29) is 12.5 Å². The van der Waals surface area contributed by atoms with Crippen molar-refractivity contribution < 1.29 is 14.3 Å². The third-order valence-electron chi connectivity index (χ3n) is 3.96. The summed E-state index contributed by atoms with van der Waals surface area (Å²) in [5.74, 6) is -0.788. The third kappa shape index (κ3) is 4.66. The summed E-state index contributed by atoms with van der Waals surface area (Å²) in [5.41, 5.74) is 9.17. The number of nitrogens with one attached hydrogen (secondary N) is 1. The Labute approximate surface area is 167 Å². The summed E-state index contributed by atoms with van der Waals surface area (Å²) in [6.07, 6.45) is 3.10. The zero-order valence-corrected chi connectivity index (χ0v) is 16.2. The fourth-order valence-electron chi connectivity index (χ4n) is 2.62. The van der Waals surface area contributed by atoms with Crippen LogP contribution in [0.3, 0.4) is 0 Å². The van der Waals surface area contributed by atoms with Crippen LogP contribution in [0, 0.1) is 0 Å². The predicted octanol–water partition coefficient (Wildman–Crippen LogP) is 4.83. The van der Waals surface area contributed by atoms with Gasteiger partial charge in [-0.1, -0.05) is 42.5 Å². The third-order valence-corrected chi connectivity index (χ3v) is 4.85. The van der Waals surface area contributed by atoms with Gasteiger partial charge in [0.25, 0.3) is 0 Å². The zero-order chi connectivity index (χ0) is 19.9. The molecule has 3 aromatic rings. The second kappa shape index (κ2) is 9.01. The maximum absolute atomic E-state index is 12.5. The molecule has 142 valence electrons. The lowest BCUT2D eigenvalue weighted by molar-refractivity contribution is -0.111.